The summed E-state index contributed by atoms with van der Waals surface area (Å²) in [5.41, 5.74) is 0. The minimum atomic E-state index is 0. The first-order chi connectivity index (χ1) is 3.80. The van der Waals surface area contributed by atoms with E-state index in [4.69, 9.17) is 0 Å². The molecule has 0 spiro atoms. The van der Waals surface area contributed by atoms with Crippen LogP contribution in [-0.4, -0.2) is 0 Å². The Labute approximate surface area is 70.6 Å². The molecule has 1 fully saturated rings. The van der Waals surface area contributed by atoms with Crippen LogP contribution < -0.4 is 18.9 Å². The van der Waals surface area contributed by atoms with Gasteiger partial charge in [0.05, 0.1) is 0 Å². The quantitative estimate of drug-likeness (QED) is 0.326. The summed E-state index contributed by atoms with van der Waals surface area (Å²) in [6.07, 6.45) is 6.72. The third kappa shape index (κ3) is 2.78. The summed E-state index contributed by atoms with van der Waals surface area (Å²) < 4.78 is 0. The van der Waals surface area contributed by atoms with E-state index in [1.54, 1.807) is 0 Å². The van der Waals surface area contributed by atoms with Gasteiger partial charge in [0.1, 0.15) is 0 Å². The minimum Gasteiger partial charge on any atom is -0.325 e. The summed E-state index contributed by atoms with van der Waals surface area (Å²) in [7, 11) is 0. The second kappa shape index (κ2) is 4.42. The van der Waals surface area contributed by atoms with E-state index in [9.17, 15) is 0 Å². The van der Waals surface area contributed by atoms with Crippen molar-refractivity contribution in [3.63, 3.8) is 0 Å². The fraction of sp³-hybridized carbons (Fsp3) is 0.875. The van der Waals surface area contributed by atoms with Crippen molar-refractivity contribution in [2.75, 3.05) is 0 Å². The molecule has 0 aromatic rings. The van der Waals surface area contributed by atoms with Gasteiger partial charge in [-0.25, -0.2) is 0 Å². The molecule has 1 heteroatoms. The zero-order chi connectivity index (χ0) is 5.98. The number of rotatable bonds is 1. The molecular weight excluding hydrogens is 103 g/mol. The van der Waals surface area contributed by atoms with E-state index in [0.717, 1.165) is 11.8 Å². The van der Waals surface area contributed by atoms with Gasteiger partial charge >= 0.3 is 18.9 Å². The van der Waals surface area contributed by atoms with Gasteiger partial charge in [-0.1, -0.05) is 32.6 Å². The van der Waals surface area contributed by atoms with Gasteiger partial charge in [-0.2, -0.15) is 12.3 Å². The van der Waals surface area contributed by atoms with Crippen LogP contribution in [0.2, 0.25) is 0 Å². The molecule has 0 heterocycles. The topological polar surface area (TPSA) is 0 Å². The molecule has 0 N–H and O–H groups in total. The molecule has 0 aromatic carbocycles. The average Bonchev–Trinajstić information content (AvgIpc) is 2.12. The van der Waals surface area contributed by atoms with Crippen molar-refractivity contribution in [1.29, 1.82) is 0 Å². The Morgan fingerprint density at radius 2 is 2.11 bits per heavy atom. The van der Waals surface area contributed by atoms with Crippen LogP contribution in [0, 0.1) is 18.3 Å². The fourth-order valence-corrected chi connectivity index (χ4v) is 1.41. The summed E-state index contributed by atoms with van der Waals surface area (Å²) in [5, 5.41) is 0. The predicted octanol–water partition coefficient (Wildman–Crippen LogP) is -0.349. The maximum Gasteiger partial charge on any atom is 1.00 e. The van der Waals surface area contributed by atoms with Crippen LogP contribution in [0.4, 0.5) is 0 Å². The molecule has 0 nitrogen and oxygen atoms in total. The molecule has 0 amide bonds. The van der Waals surface area contributed by atoms with Crippen LogP contribution in [0.3, 0.4) is 0 Å². The molecule has 9 heavy (non-hydrogen) atoms. The monoisotopic (exact) mass is 118 g/mol. The first-order valence-electron chi connectivity index (χ1n) is 3.64. The van der Waals surface area contributed by atoms with Crippen LogP contribution in [0.5, 0.6) is 0 Å². The van der Waals surface area contributed by atoms with Crippen molar-refractivity contribution in [2.45, 2.75) is 33.1 Å². The van der Waals surface area contributed by atoms with Crippen LogP contribution in [0.15, 0.2) is 0 Å². The van der Waals surface area contributed by atoms with E-state index in [1.165, 1.54) is 19.3 Å². The zero-order valence-corrected chi connectivity index (χ0v) is 6.85. The molecule has 48 valence electrons. The summed E-state index contributed by atoms with van der Waals surface area (Å²) in [6, 6.07) is 0. The van der Waals surface area contributed by atoms with Crippen molar-refractivity contribution in [1.82, 2.24) is 0 Å². The molecule has 1 aliphatic carbocycles. The Morgan fingerprint density at radius 1 is 1.44 bits per heavy atom. The van der Waals surface area contributed by atoms with Gasteiger partial charge in [0, 0.05) is 0 Å². The van der Waals surface area contributed by atoms with E-state index < -0.39 is 0 Å². The molecule has 0 radical (unpaired) electrons. The molecular formula is C8H15Li. The Bertz CT molecular complexity index is 63.0. The number of hydrogen-bond donors (Lipinski definition) is 0. The third-order valence-electron chi connectivity index (χ3n) is 2.07. The van der Waals surface area contributed by atoms with Gasteiger partial charge in [0.15, 0.2) is 0 Å². The van der Waals surface area contributed by atoms with E-state index in [1.807, 2.05) is 0 Å². The molecule has 1 aliphatic rings. The summed E-state index contributed by atoms with van der Waals surface area (Å²) in [4.78, 5) is 0. The molecule has 1 atom stereocenters. The molecule has 0 saturated heterocycles. The molecule has 1 saturated carbocycles. The Hall–Kier alpha value is 0.597. The number of hydrogen-bond acceptors (Lipinski definition) is 0. The summed E-state index contributed by atoms with van der Waals surface area (Å²) in [5.74, 6) is 1.83. The first-order valence-corrected chi connectivity index (χ1v) is 3.64. The Morgan fingerprint density at radius 3 is 2.33 bits per heavy atom. The first kappa shape index (κ1) is 9.60. The van der Waals surface area contributed by atoms with Crippen LogP contribution >= 0.6 is 0 Å². The summed E-state index contributed by atoms with van der Waals surface area (Å²) >= 11 is 0. The second-order valence-corrected chi connectivity index (χ2v) is 3.07. The molecule has 0 bridgehead atoms. The summed E-state index contributed by atoms with van der Waals surface area (Å²) in [6.45, 7) is 4.62. The third-order valence-corrected chi connectivity index (χ3v) is 2.07. The smallest absolute Gasteiger partial charge is 0.325 e. The van der Waals surface area contributed by atoms with Crippen LogP contribution in [0.25, 0.3) is 0 Å². The van der Waals surface area contributed by atoms with Crippen LogP contribution in [-0.2, 0) is 0 Å². The normalized spacial score (nSPS) is 26.3. The van der Waals surface area contributed by atoms with Gasteiger partial charge in [-0.15, -0.1) is 0 Å². The van der Waals surface area contributed by atoms with E-state index in [0.29, 0.717) is 0 Å². The Kier molecular flexibility index (Phi) is 4.71. The maximum atomic E-state index is 2.48. The molecule has 1 rings (SSSR count). The van der Waals surface area contributed by atoms with Crippen LogP contribution in [0.1, 0.15) is 33.1 Å². The minimum absolute atomic E-state index is 0. The van der Waals surface area contributed by atoms with E-state index >= 15 is 0 Å². The molecule has 0 aromatic heterocycles. The van der Waals surface area contributed by atoms with Crippen molar-refractivity contribution in [3.05, 3.63) is 6.42 Å². The van der Waals surface area contributed by atoms with Gasteiger partial charge in [-0.05, 0) is 0 Å². The van der Waals surface area contributed by atoms with Crippen molar-refractivity contribution >= 4 is 0 Å². The maximum absolute atomic E-state index is 2.48. The van der Waals surface area contributed by atoms with Crippen molar-refractivity contribution in [2.24, 2.45) is 11.8 Å². The fourth-order valence-electron chi connectivity index (χ4n) is 1.41. The SMILES string of the molecule is CC(C)C1[CH-]CCC1.[Li+]. The predicted molar refractivity (Wildman–Crippen MR) is 36.5 cm³/mol. The van der Waals surface area contributed by atoms with Crippen molar-refractivity contribution < 1.29 is 18.9 Å². The Balaban J connectivity index is 0.000000640. The molecule has 1 unspecified atom stereocenters. The largest absolute Gasteiger partial charge is 1.00 e. The van der Waals surface area contributed by atoms with Crippen molar-refractivity contribution in [3.8, 4) is 0 Å². The van der Waals surface area contributed by atoms with Gasteiger partial charge in [0.2, 0.25) is 0 Å². The molecule has 0 aliphatic heterocycles. The van der Waals surface area contributed by atoms with Gasteiger partial charge in [-0.3, -0.25) is 0 Å². The van der Waals surface area contributed by atoms with E-state index in [-0.39, 0.29) is 18.9 Å². The second-order valence-electron chi connectivity index (χ2n) is 3.07. The average molecular weight is 118 g/mol. The van der Waals surface area contributed by atoms with E-state index in [2.05, 4.69) is 20.3 Å². The van der Waals surface area contributed by atoms with Gasteiger partial charge < -0.3 is 6.42 Å². The standard InChI is InChI=1S/C8H15.Li/c1-7(2)8-5-3-4-6-8;/h5,7-8H,3-4,6H2,1-2H3;/q-1;+1. The zero-order valence-electron chi connectivity index (χ0n) is 6.85. The van der Waals surface area contributed by atoms with Gasteiger partial charge in [0.25, 0.3) is 0 Å².